The van der Waals surface area contributed by atoms with E-state index in [1.54, 1.807) is 45.0 Å². The fourth-order valence-electron chi connectivity index (χ4n) is 4.73. The second-order valence-electron chi connectivity index (χ2n) is 10.6. The van der Waals surface area contributed by atoms with Gasteiger partial charge in [0, 0.05) is 25.2 Å². The molecule has 4 amide bonds. The molecule has 10 heteroatoms. The minimum atomic E-state index is -1.18. The van der Waals surface area contributed by atoms with Crippen LogP contribution in [-0.2, 0) is 19.1 Å². The Morgan fingerprint density at radius 2 is 1.85 bits per heavy atom. The predicted octanol–water partition coefficient (Wildman–Crippen LogP) is 3.71. The van der Waals surface area contributed by atoms with Crippen LogP contribution >= 0.6 is 0 Å². The monoisotopic (exact) mass is 539 g/mol. The van der Waals surface area contributed by atoms with Crippen molar-refractivity contribution in [3.05, 3.63) is 43.0 Å². The molecule has 0 aromatic heterocycles. The molecule has 1 fully saturated rings. The summed E-state index contributed by atoms with van der Waals surface area (Å²) in [5.74, 6) is -1.17. The lowest BCUT2D eigenvalue weighted by Crippen LogP contribution is -2.57. The normalized spacial score (nSPS) is 20.1. The van der Waals surface area contributed by atoms with Gasteiger partial charge in [0.05, 0.1) is 17.6 Å². The molecule has 1 aliphatic rings. The van der Waals surface area contributed by atoms with Crippen molar-refractivity contribution < 1.29 is 23.9 Å². The Kier molecular flexibility index (Phi) is 11.1. The number of hydrogen-bond acceptors (Lipinski definition) is 6. The summed E-state index contributed by atoms with van der Waals surface area (Å²) in [6.45, 7) is 14.6. The zero-order valence-corrected chi connectivity index (χ0v) is 23.8. The molecule has 0 saturated carbocycles. The molecule has 212 valence electrons. The average Bonchev–Trinajstić information content (AvgIpc) is 3.28. The Hall–Kier alpha value is -3.87. The number of hydrogen-bond donors (Lipinski definition) is 2. The van der Waals surface area contributed by atoms with E-state index >= 15 is 0 Å². The minimum absolute atomic E-state index is 0.0406. The third kappa shape index (κ3) is 7.82. The van der Waals surface area contributed by atoms with Crippen LogP contribution < -0.4 is 10.6 Å². The maximum Gasteiger partial charge on any atom is 0.408 e. The number of amides is 4. The number of alkyl carbamates (subject to hydrolysis) is 1. The molecular formula is C29H41N5O5. The molecule has 1 heterocycles. The van der Waals surface area contributed by atoms with E-state index in [2.05, 4.69) is 23.3 Å². The number of rotatable bonds is 11. The molecule has 10 nitrogen and oxygen atoms in total. The number of likely N-dealkylation sites (tertiary alicyclic amines) is 1. The summed E-state index contributed by atoms with van der Waals surface area (Å²) in [4.78, 5) is 55.7. The summed E-state index contributed by atoms with van der Waals surface area (Å²) in [5, 5.41) is 15.4. The van der Waals surface area contributed by atoms with E-state index in [1.807, 2.05) is 19.9 Å². The number of ether oxygens (including phenoxy) is 1. The molecule has 1 aliphatic heterocycles. The molecule has 0 aliphatic carbocycles. The van der Waals surface area contributed by atoms with Gasteiger partial charge in [0.15, 0.2) is 0 Å². The largest absolute Gasteiger partial charge is 0.447 e. The lowest BCUT2D eigenvalue weighted by molar-refractivity contribution is -0.147. The molecule has 2 rings (SSSR count). The molecule has 0 unspecified atom stereocenters. The summed E-state index contributed by atoms with van der Waals surface area (Å²) in [7, 11) is 0. The van der Waals surface area contributed by atoms with Gasteiger partial charge in [0.1, 0.15) is 18.1 Å². The van der Waals surface area contributed by atoms with Gasteiger partial charge in [-0.2, -0.15) is 5.26 Å². The summed E-state index contributed by atoms with van der Waals surface area (Å²) in [6, 6.07) is 8.39. The van der Waals surface area contributed by atoms with E-state index in [9.17, 15) is 24.4 Å². The predicted molar refractivity (Wildman–Crippen MR) is 148 cm³/mol. The highest BCUT2D eigenvalue weighted by atomic mass is 16.6. The highest BCUT2D eigenvalue weighted by molar-refractivity contribution is 5.98. The fraction of sp³-hybridized carbons (Fsp3) is 0.552. The Balaban J connectivity index is 2.33. The molecule has 4 atom stereocenters. The van der Waals surface area contributed by atoms with Crippen LogP contribution in [0.4, 0.5) is 10.5 Å². The summed E-state index contributed by atoms with van der Waals surface area (Å²) in [6.07, 6.45) is 0.846. The van der Waals surface area contributed by atoms with Crippen LogP contribution in [0.5, 0.6) is 0 Å². The van der Waals surface area contributed by atoms with E-state index in [1.165, 1.54) is 22.8 Å². The summed E-state index contributed by atoms with van der Waals surface area (Å²) >= 11 is 0. The molecular weight excluding hydrogens is 498 g/mol. The molecule has 1 saturated heterocycles. The Morgan fingerprint density at radius 3 is 2.36 bits per heavy atom. The molecule has 1 aromatic rings. The van der Waals surface area contributed by atoms with Crippen molar-refractivity contribution in [3.8, 4) is 6.07 Å². The zero-order chi connectivity index (χ0) is 29.3. The quantitative estimate of drug-likeness (QED) is 0.412. The zero-order valence-electron chi connectivity index (χ0n) is 23.8. The highest BCUT2D eigenvalue weighted by Crippen LogP contribution is 2.38. The van der Waals surface area contributed by atoms with E-state index in [4.69, 9.17) is 4.74 Å². The molecule has 39 heavy (non-hydrogen) atoms. The van der Waals surface area contributed by atoms with E-state index in [-0.39, 0.29) is 37.4 Å². The number of carbonyl (C=O) groups is 4. The van der Waals surface area contributed by atoms with Gasteiger partial charge in [-0.3, -0.25) is 14.4 Å². The number of para-hydroxylation sites is 1. The first-order valence-corrected chi connectivity index (χ1v) is 13.4. The summed E-state index contributed by atoms with van der Waals surface area (Å²) < 4.78 is 5.09. The second-order valence-corrected chi connectivity index (χ2v) is 10.6. The number of anilines is 1. The standard InChI is InChI=1S/C29H41N5O5/c1-8-29(27(37)32-22-13-11-10-12-14-22)16-23(17-30)34(18-29)26(36)24(15-19(3)4)33(9-2)25(35)21(7)31-28(38)39-20(5)6/h8,10-14,19-21,23-24H,1,9,15-16,18H2,2-7H3,(H,31,38)(H,32,37)/t21-,23-,24-,29-/m0/s1. The van der Waals surface area contributed by atoms with Gasteiger partial charge < -0.3 is 25.2 Å². The first kappa shape index (κ1) is 31.3. The highest BCUT2D eigenvalue weighted by Gasteiger charge is 2.51. The van der Waals surface area contributed by atoms with Crippen LogP contribution in [0.15, 0.2) is 43.0 Å². The maximum absolute atomic E-state index is 14.0. The second kappa shape index (κ2) is 13.8. The molecule has 0 bridgehead atoms. The SMILES string of the molecule is C=C[C@]1(C(=O)Nc2ccccc2)C[C@@H](C#N)N(C(=O)[C@H](CC(C)C)N(CC)C(=O)[C@H](C)NC(=O)OC(C)C)C1. The lowest BCUT2D eigenvalue weighted by Gasteiger charge is -2.36. The van der Waals surface area contributed by atoms with Gasteiger partial charge in [-0.1, -0.05) is 38.1 Å². The molecule has 1 aromatic carbocycles. The number of nitrogens with one attached hydrogen (secondary N) is 2. The Labute approximate surface area is 231 Å². The third-order valence-corrected chi connectivity index (χ3v) is 6.72. The van der Waals surface area contributed by atoms with Crippen molar-refractivity contribution in [1.29, 1.82) is 5.26 Å². The van der Waals surface area contributed by atoms with Crippen molar-refractivity contribution in [1.82, 2.24) is 15.1 Å². The number of likely N-dealkylation sites (N-methyl/N-ethyl adjacent to an activating group) is 1. The van der Waals surface area contributed by atoms with Gasteiger partial charge in [0.25, 0.3) is 0 Å². The van der Waals surface area contributed by atoms with Crippen LogP contribution in [0.1, 0.15) is 54.4 Å². The van der Waals surface area contributed by atoms with E-state index in [0.29, 0.717) is 12.1 Å². The average molecular weight is 540 g/mol. The van der Waals surface area contributed by atoms with Crippen molar-refractivity contribution in [2.45, 2.75) is 78.6 Å². The molecule has 0 spiro atoms. The van der Waals surface area contributed by atoms with Crippen molar-refractivity contribution >= 4 is 29.5 Å². The number of nitrogens with zero attached hydrogens (tertiary/aromatic N) is 3. The first-order valence-electron chi connectivity index (χ1n) is 13.4. The molecule has 2 N–H and O–H groups in total. The van der Waals surface area contributed by atoms with Gasteiger partial charge in [-0.05, 0) is 52.2 Å². The van der Waals surface area contributed by atoms with Gasteiger partial charge in [-0.15, -0.1) is 6.58 Å². The minimum Gasteiger partial charge on any atom is -0.447 e. The van der Waals surface area contributed by atoms with Gasteiger partial charge >= 0.3 is 6.09 Å². The number of carbonyl (C=O) groups excluding carboxylic acids is 4. The third-order valence-electron chi connectivity index (χ3n) is 6.72. The van der Waals surface area contributed by atoms with Gasteiger partial charge in [0.2, 0.25) is 17.7 Å². The van der Waals surface area contributed by atoms with Crippen LogP contribution in [0.2, 0.25) is 0 Å². The van der Waals surface area contributed by atoms with E-state index < -0.39 is 41.4 Å². The number of benzene rings is 1. The van der Waals surface area contributed by atoms with Crippen LogP contribution in [0.25, 0.3) is 0 Å². The van der Waals surface area contributed by atoms with Crippen LogP contribution in [-0.4, -0.2) is 70.9 Å². The van der Waals surface area contributed by atoms with Crippen molar-refractivity contribution in [2.75, 3.05) is 18.4 Å². The van der Waals surface area contributed by atoms with Crippen molar-refractivity contribution in [3.63, 3.8) is 0 Å². The Bertz CT molecular complexity index is 1080. The van der Waals surface area contributed by atoms with E-state index in [0.717, 1.165) is 0 Å². The van der Waals surface area contributed by atoms with Gasteiger partial charge in [-0.25, -0.2) is 4.79 Å². The topological polar surface area (TPSA) is 132 Å². The van der Waals surface area contributed by atoms with Crippen LogP contribution in [0, 0.1) is 22.7 Å². The number of nitriles is 1. The lowest BCUT2D eigenvalue weighted by atomic mass is 9.84. The maximum atomic E-state index is 14.0. The Morgan fingerprint density at radius 1 is 1.21 bits per heavy atom. The fourth-order valence-corrected chi connectivity index (χ4v) is 4.73. The smallest absolute Gasteiger partial charge is 0.408 e. The molecule has 0 radical (unpaired) electrons. The summed E-state index contributed by atoms with van der Waals surface area (Å²) in [5.41, 5.74) is -0.579. The van der Waals surface area contributed by atoms with Crippen molar-refractivity contribution in [2.24, 2.45) is 11.3 Å². The first-order chi connectivity index (χ1) is 18.4. The van der Waals surface area contributed by atoms with Crippen LogP contribution in [0.3, 0.4) is 0 Å².